The molecule has 45 heavy (non-hydrogen) atoms. The standard InChI is InChI=1S/C36H69NO8/c1-3-5-7-9-11-13-15-16-17-19-21-23-25-30(39)29(28-44-36-35(43)34(42)33(41)31(27-38)45-36)37-32(40)26-24-22-20-18-14-12-10-8-6-4-2/h23,25,29-31,33-36,38-39,41-43H,3-22,24,26-28H2,1-2H3,(H,37,40)/b25-23+. The Morgan fingerprint density at radius 2 is 1.22 bits per heavy atom. The van der Waals surface area contributed by atoms with Crippen LogP contribution < -0.4 is 5.32 Å². The first-order valence-corrected chi connectivity index (χ1v) is 18.4. The molecule has 1 amide bonds. The molecule has 9 heteroatoms. The predicted octanol–water partition coefficient (Wildman–Crippen LogP) is 5.83. The number of ether oxygens (including phenoxy) is 2. The quantitative estimate of drug-likeness (QED) is 0.0441. The van der Waals surface area contributed by atoms with Gasteiger partial charge in [-0.05, 0) is 19.3 Å². The van der Waals surface area contributed by atoms with Crippen LogP contribution in [0.1, 0.15) is 155 Å². The van der Waals surface area contributed by atoms with E-state index in [1.54, 1.807) is 6.08 Å². The second-order valence-electron chi connectivity index (χ2n) is 13.0. The van der Waals surface area contributed by atoms with E-state index < -0.39 is 49.5 Å². The number of aliphatic hydroxyl groups excluding tert-OH is 5. The molecule has 0 aromatic heterocycles. The van der Waals surface area contributed by atoms with Crippen molar-refractivity contribution in [3.05, 3.63) is 12.2 Å². The first kappa shape index (κ1) is 42.0. The van der Waals surface area contributed by atoms with Crippen LogP contribution >= 0.6 is 0 Å². The molecule has 0 saturated carbocycles. The van der Waals surface area contributed by atoms with Crippen LogP contribution in [0.5, 0.6) is 0 Å². The Balaban J connectivity index is 2.49. The van der Waals surface area contributed by atoms with Gasteiger partial charge in [-0.25, -0.2) is 0 Å². The first-order valence-electron chi connectivity index (χ1n) is 18.4. The second-order valence-corrected chi connectivity index (χ2v) is 13.0. The van der Waals surface area contributed by atoms with E-state index >= 15 is 0 Å². The summed E-state index contributed by atoms with van der Waals surface area (Å²) in [5.41, 5.74) is 0. The summed E-state index contributed by atoms with van der Waals surface area (Å²) in [6.45, 7) is 3.72. The number of nitrogens with one attached hydrogen (secondary N) is 1. The number of rotatable bonds is 29. The van der Waals surface area contributed by atoms with Crippen LogP contribution in [0.3, 0.4) is 0 Å². The number of hydrogen-bond acceptors (Lipinski definition) is 8. The van der Waals surface area contributed by atoms with E-state index in [0.29, 0.717) is 6.42 Å². The third-order valence-electron chi connectivity index (χ3n) is 8.86. The minimum Gasteiger partial charge on any atom is -0.394 e. The largest absolute Gasteiger partial charge is 0.394 e. The molecular formula is C36H69NO8. The SMILES string of the molecule is CCCCCCCCCCCC/C=C/C(O)C(COC1OC(CO)C(O)C(O)C1O)NC(=O)CCCCCCCCCCCC. The lowest BCUT2D eigenvalue weighted by Crippen LogP contribution is -2.60. The fourth-order valence-electron chi connectivity index (χ4n) is 5.80. The topological polar surface area (TPSA) is 149 Å². The van der Waals surface area contributed by atoms with Gasteiger partial charge < -0.3 is 40.3 Å². The minimum atomic E-state index is -1.56. The maximum atomic E-state index is 12.8. The Bertz CT molecular complexity index is 721. The number of unbranched alkanes of at least 4 members (excludes halogenated alkanes) is 19. The van der Waals surface area contributed by atoms with Crippen LogP contribution in [0.2, 0.25) is 0 Å². The Hall–Kier alpha value is -1.07. The van der Waals surface area contributed by atoms with Gasteiger partial charge in [0.2, 0.25) is 5.91 Å². The van der Waals surface area contributed by atoms with Crippen LogP contribution in [0.4, 0.5) is 0 Å². The molecule has 6 N–H and O–H groups in total. The van der Waals surface area contributed by atoms with Crippen molar-refractivity contribution in [2.24, 2.45) is 0 Å². The number of carbonyl (C=O) groups excluding carboxylic acids is 1. The fraction of sp³-hybridized carbons (Fsp3) is 0.917. The van der Waals surface area contributed by atoms with Gasteiger partial charge >= 0.3 is 0 Å². The molecule has 7 atom stereocenters. The zero-order valence-electron chi connectivity index (χ0n) is 28.6. The Kier molecular flexibility index (Phi) is 26.1. The summed E-state index contributed by atoms with van der Waals surface area (Å²) in [5, 5.41) is 53.7. The second kappa shape index (κ2) is 28.0. The van der Waals surface area contributed by atoms with Crippen LogP contribution in [-0.4, -0.2) is 87.5 Å². The smallest absolute Gasteiger partial charge is 0.220 e. The van der Waals surface area contributed by atoms with Crippen molar-refractivity contribution in [3.63, 3.8) is 0 Å². The summed E-state index contributed by atoms with van der Waals surface area (Å²) in [6, 6.07) is -0.794. The van der Waals surface area contributed by atoms with E-state index in [2.05, 4.69) is 19.2 Å². The number of aliphatic hydroxyl groups is 5. The van der Waals surface area contributed by atoms with E-state index in [4.69, 9.17) is 9.47 Å². The van der Waals surface area contributed by atoms with E-state index in [0.717, 1.165) is 38.5 Å². The summed E-state index contributed by atoms with van der Waals surface area (Å²) in [6.07, 6.45) is 21.1. The van der Waals surface area contributed by atoms with E-state index in [1.165, 1.54) is 96.3 Å². The highest BCUT2D eigenvalue weighted by Gasteiger charge is 2.44. The van der Waals surface area contributed by atoms with Gasteiger partial charge in [0.05, 0.1) is 25.4 Å². The lowest BCUT2D eigenvalue weighted by atomic mass is 9.99. The number of amides is 1. The molecule has 0 aliphatic carbocycles. The minimum absolute atomic E-state index is 0.181. The lowest BCUT2D eigenvalue weighted by Gasteiger charge is -2.40. The summed E-state index contributed by atoms with van der Waals surface area (Å²) in [7, 11) is 0. The van der Waals surface area contributed by atoms with Crippen LogP contribution in [0.15, 0.2) is 12.2 Å². The summed E-state index contributed by atoms with van der Waals surface area (Å²) >= 11 is 0. The molecule has 0 aromatic rings. The Morgan fingerprint density at radius 1 is 0.733 bits per heavy atom. The van der Waals surface area contributed by atoms with Gasteiger partial charge in [0.1, 0.15) is 24.4 Å². The zero-order valence-corrected chi connectivity index (χ0v) is 28.6. The molecule has 1 heterocycles. The molecule has 0 bridgehead atoms. The van der Waals surface area contributed by atoms with E-state index in [1.807, 2.05) is 6.08 Å². The highest BCUT2D eigenvalue weighted by Crippen LogP contribution is 2.22. The Morgan fingerprint density at radius 3 is 1.73 bits per heavy atom. The number of hydrogen-bond donors (Lipinski definition) is 6. The number of allylic oxidation sites excluding steroid dienone is 1. The highest BCUT2D eigenvalue weighted by atomic mass is 16.7. The molecule has 1 fully saturated rings. The van der Waals surface area contributed by atoms with Crippen molar-refractivity contribution < 1.29 is 39.8 Å². The van der Waals surface area contributed by atoms with Crippen LogP contribution in [-0.2, 0) is 14.3 Å². The van der Waals surface area contributed by atoms with E-state index in [9.17, 15) is 30.3 Å². The highest BCUT2D eigenvalue weighted by molar-refractivity contribution is 5.76. The van der Waals surface area contributed by atoms with Gasteiger partial charge in [0, 0.05) is 6.42 Å². The molecule has 1 rings (SSSR count). The van der Waals surface area contributed by atoms with Gasteiger partial charge in [-0.1, -0.05) is 142 Å². The molecule has 7 unspecified atom stereocenters. The lowest BCUT2D eigenvalue weighted by molar-refractivity contribution is -0.302. The molecule has 0 spiro atoms. The van der Waals surface area contributed by atoms with Gasteiger partial charge in [-0.15, -0.1) is 0 Å². The molecule has 0 radical (unpaired) electrons. The van der Waals surface area contributed by atoms with Gasteiger partial charge in [0.15, 0.2) is 6.29 Å². The average molecular weight is 644 g/mol. The van der Waals surface area contributed by atoms with Crippen molar-refractivity contribution in [2.75, 3.05) is 13.2 Å². The maximum absolute atomic E-state index is 12.8. The van der Waals surface area contributed by atoms with Crippen molar-refractivity contribution in [1.29, 1.82) is 0 Å². The first-order chi connectivity index (χ1) is 21.8. The molecule has 9 nitrogen and oxygen atoms in total. The van der Waals surface area contributed by atoms with Crippen LogP contribution in [0, 0.1) is 0 Å². The van der Waals surface area contributed by atoms with Gasteiger partial charge in [-0.2, -0.15) is 0 Å². The van der Waals surface area contributed by atoms with Crippen molar-refractivity contribution in [1.82, 2.24) is 5.32 Å². The average Bonchev–Trinajstić information content (AvgIpc) is 3.04. The zero-order chi connectivity index (χ0) is 33.1. The summed E-state index contributed by atoms with van der Waals surface area (Å²) in [5.74, 6) is -0.181. The third kappa shape index (κ3) is 20.0. The Labute approximate surface area is 274 Å². The number of carbonyl (C=O) groups is 1. The molecule has 266 valence electrons. The third-order valence-corrected chi connectivity index (χ3v) is 8.86. The van der Waals surface area contributed by atoms with Gasteiger partial charge in [-0.3, -0.25) is 4.79 Å². The maximum Gasteiger partial charge on any atom is 0.220 e. The molecule has 0 aromatic carbocycles. The molecular weight excluding hydrogens is 574 g/mol. The normalized spacial score (nSPS) is 23.4. The van der Waals surface area contributed by atoms with Crippen molar-refractivity contribution >= 4 is 5.91 Å². The molecule has 1 aliphatic heterocycles. The fourth-order valence-corrected chi connectivity index (χ4v) is 5.80. The van der Waals surface area contributed by atoms with Gasteiger partial charge in [0.25, 0.3) is 0 Å². The van der Waals surface area contributed by atoms with E-state index in [-0.39, 0.29) is 12.5 Å². The van der Waals surface area contributed by atoms with Crippen LogP contribution in [0.25, 0.3) is 0 Å². The predicted molar refractivity (Wildman–Crippen MR) is 180 cm³/mol. The molecule has 1 saturated heterocycles. The van der Waals surface area contributed by atoms with Crippen molar-refractivity contribution in [2.45, 2.75) is 198 Å². The molecule has 1 aliphatic rings. The monoisotopic (exact) mass is 644 g/mol. The summed E-state index contributed by atoms with van der Waals surface area (Å²) < 4.78 is 11.1. The van der Waals surface area contributed by atoms with Crippen molar-refractivity contribution in [3.8, 4) is 0 Å². The summed E-state index contributed by atoms with van der Waals surface area (Å²) in [4.78, 5) is 12.8.